The number of benzene rings is 1. The van der Waals surface area contributed by atoms with Gasteiger partial charge in [0.15, 0.2) is 0 Å². The summed E-state index contributed by atoms with van der Waals surface area (Å²) in [6.07, 6.45) is 1.89. The van der Waals surface area contributed by atoms with E-state index in [1.54, 1.807) is 22.8 Å². The summed E-state index contributed by atoms with van der Waals surface area (Å²) >= 11 is 0. The van der Waals surface area contributed by atoms with Gasteiger partial charge >= 0.3 is 0 Å². The van der Waals surface area contributed by atoms with Gasteiger partial charge in [0.05, 0.1) is 31.5 Å². The van der Waals surface area contributed by atoms with Crippen molar-refractivity contribution in [2.45, 2.75) is 20.0 Å². The summed E-state index contributed by atoms with van der Waals surface area (Å²) in [6.45, 7) is 4.89. The Morgan fingerprint density at radius 3 is 2.38 bits per heavy atom. The van der Waals surface area contributed by atoms with Crippen LogP contribution in [0.25, 0.3) is 0 Å². The van der Waals surface area contributed by atoms with Crippen LogP contribution in [0.2, 0.25) is 0 Å². The number of hydrogen-bond donors (Lipinski definition) is 0. The summed E-state index contributed by atoms with van der Waals surface area (Å²) in [5, 5.41) is 0. The number of carbonyl (C=O) groups excluding carboxylic acids is 2. The summed E-state index contributed by atoms with van der Waals surface area (Å²) in [4.78, 5) is 28.3. The first-order chi connectivity index (χ1) is 12.6. The van der Waals surface area contributed by atoms with Gasteiger partial charge in [-0.15, -0.1) is 0 Å². The molecule has 1 aliphatic heterocycles. The topological polar surface area (TPSA) is 63.0 Å². The van der Waals surface area contributed by atoms with E-state index >= 15 is 0 Å². The summed E-state index contributed by atoms with van der Waals surface area (Å²) in [5.74, 6) is 0.670. The molecule has 0 radical (unpaired) electrons. The van der Waals surface area contributed by atoms with Crippen molar-refractivity contribution in [3.05, 3.63) is 59.5 Å². The lowest BCUT2D eigenvalue weighted by Gasteiger charge is -2.34. The molecule has 1 aromatic carbocycles. The van der Waals surface area contributed by atoms with Crippen molar-refractivity contribution in [3.8, 4) is 0 Å². The number of aryl methyl sites for hydroxylation is 1. The van der Waals surface area contributed by atoms with Crippen LogP contribution in [0.4, 0.5) is 0 Å². The van der Waals surface area contributed by atoms with Crippen molar-refractivity contribution in [1.29, 1.82) is 0 Å². The second-order valence-electron chi connectivity index (χ2n) is 6.35. The van der Waals surface area contributed by atoms with E-state index in [4.69, 9.17) is 9.15 Å². The molecule has 0 spiro atoms. The van der Waals surface area contributed by atoms with Crippen LogP contribution in [0.5, 0.6) is 0 Å². The molecular weight excluding hydrogens is 332 g/mol. The number of ether oxygens (including phenoxy) is 1. The van der Waals surface area contributed by atoms with Crippen molar-refractivity contribution in [3.63, 3.8) is 0 Å². The van der Waals surface area contributed by atoms with E-state index in [0.717, 1.165) is 5.56 Å². The molecule has 0 atom stereocenters. The predicted molar refractivity (Wildman–Crippen MR) is 96.6 cm³/mol. The third kappa shape index (κ3) is 4.52. The van der Waals surface area contributed by atoms with E-state index in [1.165, 1.54) is 6.26 Å². The fourth-order valence-electron chi connectivity index (χ4n) is 3.02. The molecule has 26 heavy (non-hydrogen) atoms. The van der Waals surface area contributed by atoms with Crippen molar-refractivity contribution in [2.24, 2.45) is 0 Å². The second-order valence-corrected chi connectivity index (χ2v) is 6.35. The van der Waals surface area contributed by atoms with Gasteiger partial charge in [0.1, 0.15) is 5.76 Å². The van der Waals surface area contributed by atoms with Crippen LogP contribution in [0.1, 0.15) is 28.1 Å². The normalized spacial score (nSPS) is 14.5. The minimum absolute atomic E-state index is 0.0328. The van der Waals surface area contributed by atoms with Gasteiger partial charge in [-0.3, -0.25) is 9.59 Å². The molecule has 0 aliphatic carbocycles. The standard InChI is InChI=1S/C20H24N2O4/c1-16-18(7-14-26-16)20(24)22-11-9-21(10-12-22)19(23)8-13-25-15-17-5-3-2-4-6-17/h2-7,14H,8-13,15H2,1H3. The van der Waals surface area contributed by atoms with E-state index < -0.39 is 0 Å². The van der Waals surface area contributed by atoms with Gasteiger partial charge in [-0.1, -0.05) is 30.3 Å². The largest absolute Gasteiger partial charge is 0.469 e. The third-order valence-corrected chi connectivity index (χ3v) is 4.58. The van der Waals surface area contributed by atoms with E-state index in [1.807, 2.05) is 30.3 Å². The Bertz CT molecular complexity index is 733. The molecule has 6 heteroatoms. The molecule has 1 aromatic heterocycles. The van der Waals surface area contributed by atoms with E-state index in [2.05, 4.69) is 0 Å². The molecule has 2 amide bonds. The molecule has 2 aromatic rings. The molecule has 0 N–H and O–H groups in total. The van der Waals surface area contributed by atoms with Gasteiger partial charge in [0, 0.05) is 26.2 Å². The summed E-state index contributed by atoms with van der Waals surface area (Å²) in [5.41, 5.74) is 1.70. The molecule has 3 rings (SSSR count). The zero-order chi connectivity index (χ0) is 18.4. The average Bonchev–Trinajstić information content (AvgIpc) is 3.11. The first-order valence-corrected chi connectivity index (χ1v) is 8.88. The van der Waals surface area contributed by atoms with Crippen LogP contribution in [-0.2, 0) is 16.1 Å². The number of piperazine rings is 1. The Morgan fingerprint density at radius 1 is 1.04 bits per heavy atom. The maximum absolute atomic E-state index is 12.4. The molecule has 138 valence electrons. The maximum atomic E-state index is 12.4. The van der Waals surface area contributed by atoms with Crippen molar-refractivity contribution in [1.82, 2.24) is 9.80 Å². The lowest BCUT2D eigenvalue weighted by Crippen LogP contribution is -2.50. The van der Waals surface area contributed by atoms with Crippen molar-refractivity contribution in [2.75, 3.05) is 32.8 Å². The maximum Gasteiger partial charge on any atom is 0.257 e. The van der Waals surface area contributed by atoms with Crippen molar-refractivity contribution >= 4 is 11.8 Å². The minimum Gasteiger partial charge on any atom is -0.469 e. The minimum atomic E-state index is -0.0328. The Labute approximate surface area is 153 Å². The van der Waals surface area contributed by atoms with Crippen LogP contribution in [0, 0.1) is 6.92 Å². The highest BCUT2D eigenvalue weighted by atomic mass is 16.5. The molecule has 6 nitrogen and oxygen atoms in total. The summed E-state index contributed by atoms with van der Waals surface area (Å²) < 4.78 is 10.8. The SMILES string of the molecule is Cc1occc1C(=O)N1CCN(C(=O)CCOCc2ccccc2)CC1. The number of rotatable bonds is 6. The third-order valence-electron chi connectivity index (χ3n) is 4.58. The fraction of sp³-hybridized carbons (Fsp3) is 0.400. The van der Waals surface area contributed by atoms with Crippen LogP contribution >= 0.6 is 0 Å². The Hall–Kier alpha value is -2.60. The highest BCUT2D eigenvalue weighted by Gasteiger charge is 2.26. The second kappa shape index (κ2) is 8.67. The van der Waals surface area contributed by atoms with Crippen LogP contribution in [0.3, 0.4) is 0 Å². The van der Waals surface area contributed by atoms with Crippen LogP contribution < -0.4 is 0 Å². The molecule has 0 saturated carbocycles. The average molecular weight is 356 g/mol. The van der Waals surface area contributed by atoms with Gasteiger partial charge in [-0.2, -0.15) is 0 Å². The molecule has 1 fully saturated rings. The van der Waals surface area contributed by atoms with Crippen molar-refractivity contribution < 1.29 is 18.7 Å². The Morgan fingerprint density at radius 2 is 1.73 bits per heavy atom. The quantitative estimate of drug-likeness (QED) is 0.746. The summed E-state index contributed by atoms with van der Waals surface area (Å²) in [6, 6.07) is 11.6. The number of furan rings is 1. The fourth-order valence-corrected chi connectivity index (χ4v) is 3.02. The lowest BCUT2D eigenvalue weighted by molar-refractivity contribution is -0.133. The van der Waals surface area contributed by atoms with Gasteiger partial charge in [0.2, 0.25) is 5.91 Å². The van der Waals surface area contributed by atoms with Gasteiger partial charge in [-0.05, 0) is 18.6 Å². The zero-order valence-electron chi connectivity index (χ0n) is 15.0. The predicted octanol–water partition coefficient (Wildman–Crippen LogP) is 2.48. The highest BCUT2D eigenvalue weighted by Crippen LogP contribution is 2.14. The first kappa shape index (κ1) is 18.2. The van der Waals surface area contributed by atoms with E-state index in [9.17, 15) is 9.59 Å². The van der Waals surface area contributed by atoms with Gasteiger partial charge in [0.25, 0.3) is 5.91 Å². The van der Waals surface area contributed by atoms with Crippen LogP contribution in [-0.4, -0.2) is 54.4 Å². The number of hydrogen-bond acceptors (Lipinski definition) is 4. The van der Waals surface area contributed by atoms with Crippen LogP contribution in [0.15, 0.2) is 47.1 Å². The monoisotopic (exact) mass is 356 g/mol. The number of nitrogens with zero attached hydrogens (tertiary/aromatic N) is 2. The summed E-state index contributed by atoms with van der Waals surface area (Å²) in [7, 11) is 0. The Balaban J connectivity index is 1.38. The lowest BCUT2D eigenvalue weighted by atomic mass is 10.2. The first-order valence-electron chi connectivity index (χ1n) is 8.88. The molecule has 1 aliphatic rings. The number of carbonyl (C=O) groups is 2. The van der Waals surface area contributed by atoms with E-state index in [0.29, 0.717) is 57.1 Å². The Kier molecular flexibility index (Phi) is 6.07. The highest BCUT2D eigenvalue weighted by molar-refractivity contribution is 5.95. The van der Waals surface area contributed by atoms with Gasteiger partial charge in [-0.25, -0.2) is 0 Å². The zero-order valence-corrected chi connectivity index (χ0v) is 15.0. The van der Waals surface area contributed by atoms with Gasteiger partial charge < -0.3 is 19.0 Å². The number of amides is 2. The molecule has 0 unspecified atom stereocenters. The van der Waals surface area contributed by atoms with E-state index in [-0.39, 0.29) is 11.8 Å². The molecule has 2 heterocycles. The molecule has 1 saturated heterocycles. The smallest absolute Gasteiger partial charge is 0.257 e. The molecule has 0 bridgehead atoms. The molecular formula is C20H24N2O4.